The van der Waals surface area contributed by atoms with E-state index in [1.54, 1.807) is 0 Å². The van der Waals surface area contributed by atoms with Crippen molar-refractivity contribution in [2.24, 2.45) is 0 Å². The summed E-state index contributed by atoms with van der Waals surface area (Å²) < 4.78 is 11.3. The van der Waals surface area contributed by atoms with E-state index in [9.17, 15) is 9.59 Å². The van der Waals surface area contributed by atoms with Crippen LogP contribution in [0.4, 0.5) is 0 Å². The second-order valence-corrected chi connectivity index (χ2v) is 20.7. The number of hydrogen-bond donors (Lipinski definition) is 0. The molecule has 1 heterocycles. The Hall–Kier alpha value is -0.361. The van der Waals surface area contributed by atoms with Gasteiger partial charge in [0.05, 0.1) is 0 Å². The number of nitrogens with zero attached hydrogens (tertiary/aromatic N) is 1. The van der Waals surface area contributed by atoms with E-state index < -0.39 is 18.4 Å². The molecular weight excluding hydrogens is 409 g/mol. The molecule has 2 amide bonds. The fourth-order valence-electron chi connectivity index (χ4n) is 3.34. The summed E-state index contributed by atoms with van der Waals surface area (Å²) in [6, 6.07) is 0. The normalized spacial score (nSPS) is 14.9. The molecule has 0 saturated heterocycles. The predicted molar refractivity (Wildman–Crippen MR) is 102 cm³/mol. The number of ether oxygens (including phenoxy) is 1. The summed E-state index contributed by atoms with van der Waals surface area (Å²) in [5.74, 6) is -0.414. The van der Waals surface area contributed by atoms with Crippen LogP contribution in [-0.2, 0) is 14.3 Å². The molecule has 24 heavy (non-hydrogen) atoms. The average Bonchev–Trinajstić information content (AvgIpc) is 2.91. The molecule has 0 aliphatic carbocycles. The molecule has 1 rings (SSSR count). The van der Waals surface area contributed by atoms with Crippen molar-refractivity contribution in [1.82, 2.24) is 4.90 Å². The fourth-order valence-corrected chi connectivity index (χ4v) is 17.8. The topological polar surface area (TPSA) is 46.6 Å². The Morgan fingerprint density at radius 3 is 1.75 bits per heavy atom. The van der Waals surface area contributed by atoms with Gasteiger partial charge in [-0.3, -0.25) is 0 Å². The van der Waals surface area contributed by atoms with Gasteiger partial charge in [0.1, 0.15) is 0 Å². The van der Waals surface area contributed by atoms with Gasteiger partial charge in [-0.05, 0) is 0 Å². The quantitative estimate of drug-likeness (QED) is 0.228. The van der Waals surface area contributed by atoms with Gasteiger partial charge in [-0.2, -0.15) is 0 Å². The van der Waals surface area contributed by atoms with Crippen LogP contribution >= 0.6 is 0 Å². The number of unbranched alkanes of at least 4 members (excludes halogenated alkanes) is 3. The molecule has 0 spiro atoms. The van der Waals surface area contributed by atoms with Gasteiger partial charge in [-0.15, -0.1) is 0 Å². The molecule has 0 aromatic rings. The first-order valence-electron chi connectivity index (χ1n) is 9.70. The van der Waals surface area contributed by atoms with E-state index in [0.717, 1.165) is 4.62 Å². The molecule has 0 N–H and O–H groups in total. The Labute approximate surface area is 151 Å². The molecule has 0 bridgehead atoms. The molecule has 1 aliphatic rings. The van der Waals surface area contributed by atoms with Gasteiger partial charge in [0.25, 0.3) is 0 Å². The Morgan fingerprint density at radius 1 is 0.875 bits per heavy atom. The van der Waals surface area contributed by atoms with Crippen LogP contribution in [0.2, 0.25) is 13.3 Å². The molecular formula is C19H35NO3Sn. The Morgan fingerprint density at radius 2 is 1.33 bits per heavy atom. The fraction of sp³-hybridized carbons (Fsp3) is 0.789. The number of rotatable bonds is 14. The van der Waals surface area contributed by atoms with Gasteiger partial charge >= 0.3 is 152 Å². The van der Waals surface area contributed by atoms with Gasteiger partial charge in [-0.25, -0.2) is 0 Å². The standard InChI is InChI=1S/C7H8NO3.3C4H9.Sn/c1-11-5-4-8-6(9)2-3-7(8)10;3*1-3-4-2;/h2-3H,1,4-5H2;3*1,3-4H2,2H3;. The second kappa shape index (κ2) is 12.1. The third-order valence-corrected chi connectivity index (χ3v) is 19.4. The maximum absolute atomic E-state index is 11.6. The summed E-state index contributed by atoms with van der Waals surface area (Å²) in [6.07, 6.45) is 10.5. The average molecular weight is 444 g/mol. The van der Waals surface area contributed by atoms with Crippen LogP contribution in [0.5, 0.6) is 0 Å². The maximum atomic E-state index is 11.6. The summed E-state index contributed by atoms with van der Waals surface area (Å²) in [4.78, 5) is 24.4. The molecule has 5 heteroatoms. The number of carbonyl (C=O) groups is 2. The summed E-state index contributed by atoms with van der Waals surface area (Å²) in [6.45, 7) is 7.70. The number of imide groups is 1. The number of amides is 2. The summed E-state index contributed by atoms with van der Waals surface area (Å²) in [7, 11) is 0. The molecule has 0 atom stereocenters. The van der Waals surface area contributed by atoms with Crippen LogP contribution in [0, 0.1) is 0 Å². The van der Waals surface area contributed by atoms with Crippen LogP contribution in [0.1, 0.15) is 59.3 Å². The summed E-state index contributed by atoms with van der Waals surface area (Å²) in [5, 5.41) is 0. The summed E-state index contributed by atoms with van der Waals surface area (Å²) in [5.41, 5.74) is 0. The van der Waals surface area contributed by atoms with Crippen LogP contribution < -0.4 is 0 Å². The van der Waals surface area contributed by atoms with Gasteiger partial charge < -0.3 is 0 Å². The molecule has 0 radical (unpaired) electrons. The van der Waals surface area contributed by atoms with Gasteiger partial charge in [-0.1, -0.05) is 0 Å². The zero-order chi connectivity index (χ0) is 17.8. The van der Waals surface area contributed by atoms with Crippen LogP contribution in [0.15, 0.2) is 12.2 Å². The first kappa shape index (κ1) is 21.7. The van der Waals surface area contributed by atoms with Crippen molar-refractivity contribution in [3.05, 3.63) is 12.2 Å². The van der Waals surface area contributed by atoms with Crippen molar-refractivity contribution in [3.8, 4) is 0 Å². The molecule has 1 aliphatic heterocycles. The molecule has 138 valence electrons. The number of carbonyl (C=O) groups excluding carboxylic acids is 2. The third-order valence-electron chi connectivity index (χ3n) is 4.95. The van der Waals surface area contributed by atoms with E-state index in [4.69, 9.17) is 4.74 Å². The Balaban J connectivity index is 2.51. The molecule has 0 aromatic carbocycles. The first-order chi connectivity index (χ1) is 11.6. The van der Waals surface area contributed by atoms with Crippen molar-refractivity contribution >= 4 is 30.2 Å². The van der Waals surface area contributed by atoms with E-state index in [2.05, 4.69) is 20.8 Å². The van der Waals surface area contributed by atoms with Crippen molar-refractivity contribution in [1.29, 1.82) is 0 Å². The van der Waals surface area contributed by atoms with E-state index in [-0.39, 0.29) is 11.8 Å². The van der Waals surface area contributed by atoms with Gasteiger partial charge in [0.2, 0.25) is 0 Å². The minimum absolute atomic E-state index is 0.207. The van der Waals surface area contributed by atoms with E-state index >= 15 is 0 Å². The molecule has 0 aromatic heterocycles. The van der Waals surface area contributed by atoms with Crippen molar-refractivity contribution in [3.63, 3.8) is 0 Å². The number of hydrogen-bond acceptors (Lipinski definition) is 3. The van der Waals surface area contributed by atoms with Gasteiger partial charge in [0, 0.05) is 0 Å². The monoisotopic (exact) mass is 445 g/mol. The van der Waals surface area contributed by atoms with Crippen LogP contribution in [-0.4, -0.2) is 52.9 Å². The minimum atomic E-state index is -2.24. The van der Waals surface area contributed by atoms with E-state index in [1.165, 1.54) is 68.9 Å². The van der Waals surface area contributed by atoms with E-state index in [1.807, 2.05) is 0 Å². The molecule has 0 saturated carbocycles. The van der Waals surface area contributed by atoms with Gasteiger partial charge in [0.15, 0.2) is 0 Å². The van der Waals surface area contributed by atoms with E-state index in [0.29, 0.717) is 13.2 Å². The third kappa shape index (κ3) is 7.26. The molecule has 4 nitrogen and oxygen atoms in total. The molecule has 0 fully saturated rings. The summed E-state index contributed by atoms with van der Waals surface area (Å²) >= 11 is -2.24. The SMILES string of the molecule is CCC[CH2][Sn]([CH2]CCC)([CH2]CCC)[CH2]OCCN1C(=O)C=CC1=O. The Bertz CT molecular complexity index is 383. The van der Waals surface area contributed by atoms with Crippen LogP contribution in [0.25, 0.3) is 0 Å². The predicted octanol–water partition coefficient (Wildman–Crippen LogP) is 4.32. The Kier molecular flexibility index (Phi) is 10.9. The van der Waals surface area contributed by atoms with Crippen LogP contribution in [0.3, 0.4) is 0 Å². The zero-order valence-corrected chi connectivity index (χ0v) is 18.7. The molecule has 0 unspecified atom stereocenters. The second-order valence-electron chi connectivity index (χ2n) is 7.02. The zero-order valence-electron chi connectivity index (χ0n) is 15.8. The van der Waals surface area contributed by atoms with Crippen molar-refractivity contribution in [2.75, 3.05) is 17.8 Å². The first-order valence-corrected chi connectivity index (χ1v) is 17.8. The van der Waals surface area contributed by atoms with Crippen molar-refractivity contribution in [2.45, 2.75) is 72.6 Å². The van der Waals surface area contributed by atoms with Crippen molar-refractivity contribution < 1.29 is 14.3 Å².